The average molecular weight is 545 g/mol. The van der Waals surface area contributed by atoms with Crippen LogP contribution in [0, 0.1) is 12.8 Å². The Kier molecular flexibility index (Phi) is 9.78. The van der Waals surface area contributed by atoms with E-state index < -0.39 is 0 Å². The van der Waals surface area contributed by atoms with Crippen molar-refractivity contribution in [1.82, 2.24) is 25.3 Å². The molecule has 0 saturated heterocycles. The lowest BCUT2D eigenvalue weighted by atomic mass is 10.0. The van der Waals surface area contributed by atoms with Crippen molar-refractivity contribution in [3.05, 3.63) is 126 Å². The number of nitrogens with zero attached hydrogens (tertiary/aromatic N) is 3. The largest absolute Gasteiger partial charge is 0.397 e. The molecule has 5 aromatic rings. The molecule has 4 aromatic heterocycles. The van der Waals surface area contributed by atoms with Crippen LogP contribution in [0.5, 0.6) is 0 Å². The van der Waals surface area contributed by atoms with Crippen LogP contribution in [0.3, 0.4) is 0 Å². The van der Waals surface area contributed by atoms with Gasteiger partial charge in [0.15, 0.2) is 0 Å². The molecule has 0 bridgehead atoms. The number of anilines is 1. The van der Waals surface area contributed by atoms with Crippen LogP contribution in [0.4, 0.5) is 5.69 Å². The summed E-state index contributed by atoms with van der Waals surface area (Å²) in [5.74, 6) is 0.837. The number of terminal acetylenes is 1. The van der Waals surface area contributed by atoms with Gasteiger partial charge in [0.2, 0.25) is 0 Å². The Morgan fingerprint density at radius 1 is 1.12 bits per heavy atom. The summed E-state index contributed by atoms with van der Waals surface area (Å²) in [5.41, 5.74) is 15.0. The van der Waals surface area contributed by atoms with E-state index in [9.17, 15) is 0 Å². The summed E-state index contributed by atoms with van der Waals surface area (Å²) < 4.78 is 0. The van der Waals surface area contributed by atoms with Gasteiger partial charge in [0.05, 0.1) is 29.3 Å². The third-order valence-electron chi connectivity index (χ3n) is 6.32. The van der Waals surface area contributed by atoms with Gasteiger partial charge in [-0.2, -0.15) is 0 Å². The number of thiophene rings is 1. The zero-order valence-electron chi connectivity index (χ0n) is 22.5. The number of nitrogen functional groups attached to an aromatic ring is 1. The molecule has 0 amide bonds. The van der Waals surface area contributed by atoms with Crippen molar-refractivity contribution < 1.29 is 0 Å². The third-order valence-corrected chi connectivity index (χ3v) is 7.23. The number of pyridine rings is 2. The van der Waals surface area contributed by atoms with Crippen molar-refractivity contribution in [1.29, 1.82) is 0 Å². The molecule has 200 valence electrons. The fourth-order valence-corrected chi connectivity index (χ4v) is 5.05. The number of H-pyrrole nitrogens is 1. The average Bonchev–Trinajstić information content (AvgIpc) is 3.68. The maximum absolute atomic E-state index is 6.35. The fraction of sp³-hybridized carbons (Fsp3) is 0.121. The topological polar surface area (TPSA) is 92.5 Å². The van der Waals surface area contributed by atoms with E-state index in [2.05, 4.69) is 87.6 Å². The Morgan fingerprint density at radius 2 is 1.95 bits per heavy atom. The van der Waals surface area contributed by atoms with Gasteiger partial charge in [-0.1, -0.05) is 55.1 Å². The standard InChI is InChI=1S/C31H30N6S.C2H2/c1-3-21(16-33-17-22-9-6-5-7-10-22)13-23(4-2)27-14-24(26(32)19-35-27)15-30-36-28-20-34-18-25(31(28)37-30)29-11-8-12-38-29;1-2/h3-14,18-20,33H,1,15-17,32H2,2H3,(H,36,37);1-2H/b21-13+,23-4+;. The molecule has 5 rings (SSSR count). The predicted octanol–water partition coefficient (Wildman–Crippen LogP) is 6.81. The minimum Gasteiger partial charge on any atom is -0.397 e. The van der Waals surface area contributed by atoms with Crippen molar-refractivity contribution in [2.75, 3.05) is 12.3 Å². The Morgan fingerprint density at radius 3 is 2.67 bits per heavy atom. The Labute approximate surface area is 239 Å². The van der Waals surface area contributed by atoms with E-state index in [0.717, 1.165) is 56.2 Å². The van der Waals surface area contributed by atoms with Gasteiger partial charge in [-0.05, 0) is 52.8 Å². The normalized spacial score (nSPS) is 11.7. The van der Waals surface area contributed by atoms with Crippen LogP contribution < -0.4 is 11.1 Å². The van der Waals surface area contributed by atoms with Crippen LogP contribution in [0.25, 0.3) is 27.0 Å². The number of allylic oxidation sites excluding steroid dienone is 3. The second-order valence-electron chi connectivity index (χ2n) is 8.95. The van der Waals surface area contributed by atoms with Gasteiger partial charge in [-0.15, -0.1) is 24.2 Å². The Balaban J connectivity index is 0.00000181. The van der Waals surface area contributed by atoms with E-state index in [1.165, 1.54) is 5.56 Å². The highest BCUT2D eigenvalue weighted by atomic mass is 32.1. The van der Waals surface area contributed by atoms with E-state index in [1.54, 1.807) is 17.5 Å². The smallest absolute Gasteiger partial charge is 0.111 e. The molecule has 0 fully saturated rings. The molecule has 4 N–H and O–H groups in total. The van der Waals surface area contributed by atoms with Gasteiger partial charge in [-0.25, -0.2) is 4.98 Å². The first-order valence-corrected chi connectivity index (χ1v) is 13.7. The molecular formula is C33H32N6S. The SMILES string of the molecule is C#C.C=C/C(=C\C(=C/C)c1cc(Cc2nc3c(-c4cccs4)cncc3[nH]2)c(N)cn1)CNCc1ccccc1. The number of imidazole rings is 1. The van der Waals surface area contributed by atoms with Crippen LogP contribution in [0.2, 0.25) is 0 Å². The molecule has 6 nitrogen and oxygen atoms in total. The van der Waals surface area contributed by atoms with Gasteiger partial charge >= 0.3 is 0 Å². The first-order chi connectivity index (χ1) is 19.6. The number of hydrogen-bond donors (Lipinski definition) is 3. The lowest BCUT2D eigenvalue weighted by Crippen LogP contribution is -2.16. The zero-order valence-corrected chi connectivity index (χ0v) is 23.3. The molecule has 0 aliphatic rings. The molecule has 0 atom stereocenters. The van der Waals surface area contributed by atoms with E-state index in [4.69, 9.17) is 10.7 Å². The number of nitrogens with two attached hydrogens (primary N) is 1. The van der Waals surface area contributed by atoms with Gasteiger partial charge < -0.3 is 16.0 Å². The number of nitrogens with one attached hydrogen (secondary N) is 2. The monoisotopic (exact) mass is 544 g/mol. The Hall–Kier alpha value is -4.77. The quantitative estimate of drug-likeness (QED) is 0.133. The number of aromatic amines is 1. The summed E-state index contributed by atoms with van der Waals surface area (Å²) >= 11 is 1.68. The third kappa shape index (κ3) is 6.80. The number of fused-ring (bicyclic) bond motifs is 1. The lowest BCUT2D eigenvalue weighted by Gasteiger charge is -2.10. The van der Waals surface area contributed by atoms with Crippen molar-refractivity contribution in [3.63, 3.8) is 0 Å². The van der Waals surface area contributed by atoms with Crippen molar-refractivity contribution >= 4 is 33.6 Å². The molecule has 7 heteroatoms. The number of aromatic nitrogens is 4. The fourth-order valence-electron chi connectivity index (χ4n) is 4.31. The van der Waals surface area contributed by atoms with Crippen LogP contribution in [0.1, 0.15) is 29.6 Å². The molecular weight excluding hydrogens is 512 g/mol. The summed E-state index contributed by atoms with van der Waals surface area (Å²) in [6, 6.07) is 16.5. The highest BCUT2D eigenvalue weighted by Crippen LogP contribution is 2.30. The van der Waals surface area contributed by atoms with Crippen LogP contribution in [0.15, 0.2) is 103 Å². The lowest BCUT2D eigenvalue weighted by molar-refractivity contribution is 0.747. The first kappa shape index (κ1) is 28.2. The molecule has 0 aliphatic carbocycles. The molecule has 4 heterocycles. The first-order valence-electron chi connectivity index (χ1n) is 12.8. The van der Waals surface area contributed by atoms with E-state index >= 15 is 0 Å². The predicted molar refractivity (Wildman–Crippen MR) is 169 cm³/mol. The van der Waals surface area contributed by atoms with E-state index in [0.29, 0.717) is 18.7 Å². The van der Waals surface area contributed by atoms with Crippen molar-refractivity contribution in [2.45, 2.75) is 19.9 Å². The summed E-state index contributed by atoms with van der Waals surface area (Å²) in [6.45, 7) is 7.52. The maximum atomic E-state index is 6.35. The minimum atomic E-state index is 0.563. The van der Waals surface area contributed by atoms with Crippen molar-refractivity contribution in [2.24, 2.45) is 0 Å². The molecule has 0 spiro atoms. The number of hydrogen-bond acceptors (Lipinski definition) is 6. The summed E-state index contributed by atoms with van der Waals surface area (Å²) in [4.78, 5) is 18.5. The van der Waals surface area contributed by atoms with Crippen LogP contribution >= 0.6 is 11.3 Å². The summed E-state index contributed by atoms with van der Waals surface area (Å²) in [6.07, 6.45) is 20.0. The van der Waals surface area contributed by atoms with Gasteiger partial charge in [0, 0.05) is 36.1 Å². The summed E-state index contributed by atoms with van der Waals surface area (Å²) in [5, 5.41) is 5.55. The van der Waals surface area contributed by atoms with Gasteiger partial charge in [0.1, 0.15) is 11.3 Å². The number of rotatable bonds is 10. The number of benzene rings is 1. The molecule has 0 radical (unpaired) electrons. The van der Waals surface area contributed by atoms with E-state index in [1.807, 2.05) is 43.6 Å². The maximum Gasteiger partial charge on any atom is 0.111 e. The minimum absolute atomic E-state index is 0.563. The second-order valence-corrected chi connectivity index (χ2v) is 9.89. The second kappa shape index (κ2) is 13.9. The van der Waals surface area contributed by atoms with Crippen molar-refractivity contribution in [3.8, 4) is 23.3 Å². The van der Waals surface area contributed by atoms with Gasteiger partial charge in [0.25, 0.3) is 0 Å². The van der Waals surface area contributed by atoms with Gasteiger partial charge in [-0.3, -0.25) is 9.97 Å². The zero-order chi connectivity index (χ0) is 28.3. The Bertz CT molecular complexity index is 1640. The van der Waals surface area contributed by atoms with E-state index in [-0.39, 0.29) is 0 Å². The molecule has 0 unspecified atom stereocenters. The molecule has 0 aliphatic heterocycles. The molecule has 40 heavy (non-hydrogen) atoms. The van der Waals surface area contributed by atoms with Crippen LogP contribution in [-0.2, 0) is 13.0 Å². The summed E-state index contributed by atoms with van der Waals surface area (Å²) in [7, 11) is 0. The molecule has 0 saturated carbocycles. The highest BCUT2D eigenvalue weighted by Gasteiger charge is 2.13. The van der Waals surface area contributed by atoms with Crippen LogP contribution in [-0.4, -0.2) is 26.5 Å². The molecule has 1 aromatic carbocycles. The highest BCUT2D eigenvalue weighted by molar-refractivity contribution is 7.13.